The Balaban J connectivity index is 2.54. The van der Waals surface area contributed by atoms with E-state index in [1.165, 1.54) is 12.1 Å². The average Bonchev–Trinajstić information content (AvgIpc) is 2.14. The molecule has 1 aromatic rings. The Morgan fingerprint density at radius 3 is 2.20 bits per heavy atom. The largest absolute Gasteiger partial charge is 0.399 e. The number of anilines is 1. The van der Waals surface area contributed by atoms with Crippen molar-refractivity contribution < 1.29 is 18.3 Å². The maximum atomic E-state index is 11.9. The highest BCUT2D eigenvalue weighted by Crippen LogP contribution is 2.27. The van der Waals surface area contributed by atoms with Gasteiger partial charge in [-0.05, 0) is 24.1 Å². The predicted octanol–water partition coefficient (Wildman–Crippen LogP) is 2.64. The van der Waals surface area contributed by atoms with Gasteiger partial charge in [-0.1, -0.05) is 12.1 Å². The average molecular weight is 219 g/mol. The van der Waals surface area contributed by atoms with Gasteiger partial charge < -0.3 is 10.8 Å². The van der Waals surface area contributed by atoms with Crippen LogP contribution in [0.4, 0.5) is 18.9 Å². The van der Waals surface area contributed by atoms with Crippen molar-refractivity contribution in [2.24, 2.45) is 0 Å². The second-order valence-corrected chi connectivity index (χ2v) is 3.34. The lowest BCUT2D eigenvalue weighted by Gasteiger charge is -2.12. The van der Waals surface area contributed by atoms with Crippen LogP contribution in [0.3, 0.4) is 0 Å². The molecule has 5 heteroatoms. The molecule has 0 aliphatic heterocycles. The minimum atomic E-state index is -4.23. The highest BCUT2D eigenvalue weighted by atomic mass is 19.4. The zero-order chi connectivity index (χ0) is 11.5. The molecule has 2 nitrogen and oxygen atoms in total. The molecular weight excluding hydrogens is 207 g/mol. The third-order valence-electron chi connectivity index (χ3n) is 2.02. The molecule has 0 fully saturated rings. The van der Waals surface area contributed by atoms with Crippen molar-refractivity contribution in [2.45, 2.75) is 25.1 Å². The second-order valence-electron chi connectivity index (χ2n) is 3.34. The van der Waals surface area contributed by atoms with Crippen LogP contribution < -0.4 is 5.73 Å². The summed E-state index contributed by atoms with van der Waals surface area (Å²) in [6.07, 6.45) is -6.63. The lowest BCUT2D eigenvalue weighted by Crippen LogP contribution is -2.10. The van der Waals surface area contributed by atoms with Gasteiger partial charge in [0.05, 0.1) is 6.10 Å². The Bertz CT molecular complexity index is 307. The van der Waals surface area contributed by atoms with E-state index in [0.717, 1.165) is 0 Å². The highest BCUT2D eigenvalue weighted by molar-refractivity contribution is 5.39. The fourth-order valence-electron chi connectivity index (χ4n) is 1.19. The first kappa shape index (κ1) is 11.8. The fraction of sp³-hybridized carbons (Fsp3) is 0.400. The number of hydrogen-bond acceptors (Lipinski definition) is 2. The van der Waals surface area contributed by atoms with Crippen molar-refractivity contribution in [3.05, 3.63) is 29.8 Å². The number of aliphatic hydroxyl groups is 1. The minimum Gasteiger partial charge on any atom is -0.399 e. The standard InChI is InChI=1S/C10H12F3NO/c11-10(12,13)6-5-9(15)7-1-3-8(14)4-2-7/h1-4,9,15H,5-6,14H2. The Morgan fingerprint density at radius 1 is 1.20 bits per heavy atom. The van der Waals surface area contributed by atoms with E-state index < -0.39 is 18.7 Å². The molecule has 15 heavy (non-hydrogen) atoms. The summed E-state index contributed by atoms with van der Waals surface area (Å²) in [6.45, 7) is 0. The first-order valence-corrected chi connectivity index (χ1v) is 4.49. The molecule has 0 heterocycles. The number of halogens is 3. The van der Waals surface area contributed by atoms with Crippen LogP contribution in [0.5, 0.6) is 0 Å². The van der Waals surface area contributed by atoms with E-state index in [2.05, 4.69) is 0 Å². The molecule has 1 unspecified atom stereocenters. The second kappa shape index (κ2) is 4.53. The van der Waals surface area contributed by atoms with Gasteiger partial charge in [0.25, 0.3) is 0 Å². The number of benzene rings is 1. The Kier molecular flexibility index (Phi) is 3.57. The van der Waals surface area contributed by atoms with E-state index in [1.807, 2.05) is 0 Å². The zero-order valence-electron chi connectivity index (χ0n) is 7.96. The number of rotatable bonds is 3. The summed E-state index contributed by atoms with van der Waals surface area (Å²) in [4.78, 5) is 0. The van der Waals surface area contributed by atoms with Gasteiger partial charge in [0.2, 0.25) is 0 Å². The summed E-state index contributed by atoms with van der Waals surface area (Å²) in [5, 5.41) is 9.43. The van der Waals surface area contributed by atoms with Crippen LogP contribution in [0.25, 0.3) is 0 Å². The van der Waals surface area contributed by atoms with Gasteiger partial charge in [0.15, 0.2) is 0 Å². The third kappa shape index (κ3) is 4.20. The number of nitrogen functional groups attached to an aromatic ring is 1. The van der Waals surface area contributed by atoms with E-state index in [9.17, 15) is 18.3 Å². The SMILES string of the molecule is Nc1ccc(C(O)CCC(F)(F)F)cc1. The fourth-order valence-corrected chi connectivity index (χ4v) is 1.19. The van der Waals surface area contributed by atoms with Crippen LogP contribution in [0.1, 0.15) is 24.5 Å². The molecule has 0 saturated heterocycles. The Hall–Kier alpha value is -1.23. The lowest BCUT2D eigenvalue weighted by molar-refractivity contribution is -0.140. The lowest BCUT2D eigenvalue weighted by atomic mass is 10.0. The van der Waals surface area contributed by atoms with Crippen molar-refractivity contribution in [3.63, 3.8) is 0 Å². The normalized spacial score (nSPS) is 13.9. The Labute approximate surface area is 85.5 Å². The molecular formula is C10H12F3NO. The maximum Gasteiger partial charge on any atom is 0.389 e. The van der Waals surface area contributed by atoms with Crippen molar-refractivity contribution in [3.8, 4) is 0 Å². The number of hydrogen-bond donors (Lipinski definition) is 2. The molecule has 84 valence electrons. The van der Waals surface area contributed by atoms with E-state index in [4.69, 9.17) is 5.73 Å². The maximum absolute atomic E-state index is 11.9. The van der Waals surface area contributed by atoms with Crippen LogP contribution in [0.15, 0.2) is 24.3 Å². The van der Waals surface area contributed by atoms with Crippen LogP contribution in [-0.2, 0) is 0 Å². The summed E-state index contributed by atoms with van der Waals surface area (Å²) in [6, 6.07) is 6.14. The number of nitrogens with two attached hydrogens (primary N) is 1. The summed E-state index contributed by atoms with van der Waals surface area (Å²) in [5.41, 5.74) is 6.38. The number of alkyl halides is 3. The van der Waals surface area contributed by atoms with Crippen molar-refractivity contribution in [1.29, 1.82) is 0 Å². The quantitative estimate of drug-likeness (QED) is 0.767. The van der Waals surface area contributed by atoms with Gasteiger partial charge in [0.1, 0.15) is 0 Å². The topological polar surface area (TPSA) is 46.2 Å². The van der Waals surface area contributed by atoms with Crippen molar-refractivity contribution in [1.82, 2.24) is 0 Å². The summed E-state index contributed by atoms with van der Waals surface area (Å²) < 4.78 is 35.6. The van der Waals surface area contributed by atoms with Crippen LogP contribution in [-0.4, -0.2) is 11.3 Å². The third-order valence-corrected chi connectivity index (χ3v) is 2.02. The van der Waals surface area contributed by atoms with E-state index >= 15 is 0 Å². The molecule has 0 radical (unpaired) electrons. The molecule has 3 N–H and O–H groups in total. The van der Waals surface area contributed by atoms with E-state index in [-0.39, 0.29) is 6.42 Å². The van der Waals surface area contributed by atoms with Crippen molar-refractivity contribution in [2.75, 3.05) is 5.73 Å². The van der Waals surface area contributed by atoms with Crippen molar-refractivity contribution >= 4 is 5.69 Å². The van der Waals surface area contributed by atoms with Gasteiger partial charge in [-0.2, -0.15) is 13.2 Å². The molecule has 0 aliphatic rings. The smallest absolute Gasteiger partial charge is 0.389 e. The molecule has 0 saturated carbocycles. The zero-order valence-corrected chi connectivity index (χ0v) is 7.96. The molecule has 1 rings (SSSR count). The van der Waals surface area contributed by atoms with Crippen LogP contribution in [0.2, 0.25) is 0 Å². The van der Waals surface area contributed by atoms with Gasteiger partial charge in [-0.3, -0.25) is 0 Å². The van der Waals surface area contributed by atoms with E-state index in [0.29, 0.717) is 11.3 Å². The Morgan fingerprint density at radius 2 is 1.73 bits per heavy atom. The van der Waals surface area contributed by atoms with Crippen LogP contribution >= 0.6 is 0 Å². The highest BCUT2D eigenvalue weighted by Gasteiger charge is 2.28. The van der Waals surface area contributed by atoms with E-state index in [1.54, 1.807) is 12.1 Å². The minimum absolute atomic E-state index is 0.326. The summed E-state index contributed by atoms with van der Waals surface area (Å²) in [7, 11) is 0. The molecule has 0 bridgehead atoms. The monoisotopic (exact) mass is 219 g/mol. The van der Waals surface area contributed by atoms with Gasteiger partial charge in [0, 0.05) is 12.1 Å². The first-order valence-electron chi connectivity index (χ1n) is 4.49. The number of aliphatic hydroxyl groups excluding tert-OH is 1. The molecule has 1 aromatic carbocycles. The molecule has 0 aliphatic carbocycles. The molecule has 0 aromatic heterocycles. The molecule has 0 amide bonds. The predicted molar refractivity (Wildman–Crippen MR) is 51.1 cm³/mol. The van der Waals surface area contributed by atoms with Gasteiger partial charge in [-0.15, -0.1) is 0 Å². The molecule has 1 atom stereocenters. The van der Waals surface area contributed by atoms with Gasteiger partial charge >= 0.3 is 6.18 Å². The summed E-state index contributed by atoms with van der Waals surface area (Å²) >= 11 is 0. The molecule has 0 spiro atoms. The van der Waals surface area contributed by atoms with Gasteiger partial charge in [-0.25, -0.2) is 0 Å². The summed E-state index contributed by atoms with van der Waals surface area (Å²) in [5.74, 6) is 0. The first-order chi connectivity index (χ1) is 6.88. The van der Waals surface area contributed by atoms with Crippen LogP contribution in [0, 0.1) is 0 Å².